The highest BCUT2D eigenvalue weighted by atomic mass is 79.9. The van der Waals surface area contributed by atoms with Gasteiger partial charge in [0.15, 0.2) is 0 Å². The lowest BCUT2D eigenvalue weighted by Crippen LogP contribution is -2.18. The van der Waals surface area contributed by atoms with Gasteiger partial charge in [0, 0.05) is 40.6 Å². The van der Waals surface area contributed by atoms with Crippen molar-refractivity contribution in [3.05, 3.63) is 32.6 Å². The first-order valence-corrected chi connectivity index (χ1v) is 7.23. The lowest BCUT2D eigenvalue weighted by atomic mass is 10.4. The Labute approximate surface area is 119 Å². The van der Waals surface area contributed by atoms with Crippen molar-refractivity contribution >= 4 is 39.0 Å². The van der Waals surface area contributed by atoms with E-state index in [0.717, 1.165) is 22.5 Å². The van der Waals surface area contributed by atoms with E-state index in [4.69, 9.17) is 0 Å². The van der Waals surface area contributed by atoms with E-state index in [1.165, 1.54) is 4.88 Å². The zero-order valence-electron chi connectivity index (χ0n) is 10.6. The van der Waals surface area contributed by atoms with E-state index in [1.807, 2.05) is 27.1 Å². The van der Waals surface area contributed by atoms with Gasteiger partial charge in [0.25, 0.3) is 0 Å². The molecule has 0 saturated carbocycles. The van der Waals surface area contributed by atoms with Crippen molar-refractivity contribution in [2.24, 2.45) is 0 Å². The van der Waals surface area contributed by atoms with Crippen LogP contribution in [0.1, 0.15) is 10.6 Å². The summed E-state index contributed by atoms with van der Waals surface area (Å²) in [5.41, 5.74) is 0.962. The fourth-order valence-corrected chi connectivity index (χ4v) is 3.11. The molecule has 2 heterocycles. The third kappa shape index (κ3) is 3.20. The molecule has 2 aromatic heterocycles. The van der Waals surface area contributed by atoms with E-state index in [-0.39, 0.29) is 0 Å². The predicted octanol–water partition coefficient (Wildman–Crippen LogP) is 3.29. The highest BCUT2D eigenvalue weighted by molar-refractivity contribution is 9.10. The summed E-state index contributed by atoms with van der Waals surface area (Å²) in [4.78, 5) is 12.2. The Morgan fingerprint density at radius 1 is 1.39 bits per heavy atom. The van der Waals surface area contributed by atoms with Gasteiger partial charge in [-0.05, 0) is 28.9 Å². The normalized spacial score (nSPS) is 10.4. The minimum Gasteiger partial charge on any atom is -0.357 e. The van der Waals surface area contributed by atoms with Gasteiger partial charge in [0.1, 0.15) is 5.82 Å². The van der Waals surface area contributed by atoms with Crippen LogP contribution in [0.5, 0.6) is 0 Å². The number of anilines is 2. The van der Waals surface area contributed by atoms with Crippen LogP contribution in [0.3, 0.4) is 0 Å². The fourth-order valence-electron chi connectivity index (χ4n) is 1.61. The number of aryl methyl sites for hydroxylation is 1. The van der Waals surface area contributed by atoms with Crippen molar-refractivity contribution in [1.29, 1.82) is 0 Å². The SMILES string of the molecule is CNc1nc(C)cc(N(C)Cc2cc(Br)cs2)n1. The monoisotopic (exact) mass is 326 g/mol. The maximum atomic E-state index is 4.45. The maximum absolute atomic E-state index is 4.45. The van der Waals surface area contributed by atoms with E-state index in [0.29, 0.717) is 5.95 Å². The highest BCUT2D eigenvalue weighted by Crippen LogP contribution is 2.23. The summed E-state index contributed by atoms with van der Waals surface area (Å²) >= 11 is 5.21. The number of hydrogen-bond donors (Lipinski definition) is 1. The minimum absolute atomic E-state index is 0.657. The molecule has 4 nitrogen and oxygen atoms in total. The van der Waals surface area contributed by atoms with Crippen molar-refractivity contribution in [3.8, 4) is 0 Å². The number of nitrogens with one attached hydrogen (secondary N) is 1. The molecule has 0 spiro atoms. The van der Waals surface area contributed by atoms with Crippen LogP contribution in [0.15, 0.2) is 22.0 Å². The zero-order chi connectivity index (χ0) is 13.1. The number of nitrogens with zero attached hydrogens (tertiary/aromatic N) is 3. The Kier molecular flexibility index (Phi) is 4.19. The van der Waals surface area contributed by atoms with E-state index in [1.54, 1.807) is 11.3 Å². The smallest absolute Gasteiger partial charge is 0.224 e. The van der Waals surface area contributed by atoms with Gasteiger partial charge in [0.2, 0.25) is 5.95 Å². The number of aromatic nitrogens is 2. The largest absolute Gasteiger partial charge is 0.357 e. The summed E-state index contributed by atoms with van der Waals surface area (Å²) in [6, 6.07) is 4.12. The van der Waals surface area contributed by atoms with Gasteiger partial charge in [-0.2, -0.15) is 4.98 Å². The van der Waals surface area contributed by atoms with Gasteiger partial charge >= 0.3 is 0 Å². The first-order chi connectivity index (χ1) is 8.58. The molecule has 0 atom stereocenters. The molecule has 0 bridgehead atoms. The molecule has 0 saturated heterocycles. The molecule has 0 unspecified atom stereocenters. The zero-order valence-corrected chi connectivity index (χ0v) is 13.0. The number of rotatable bonds is 4. The topological polar surface area (TPSA) is 41.1 Å². The second-order valence-electron chi connectivity index (χ2n) is 4.03. The molecular formula is C12H15BrN4S. The van der Waals surface area contributed by atoms with Crippen molar-refractivity contribution < 1.29 is 0 Å². The highest BCUT2D eigenvalue weighted by Gasteiger charge is 2.08. The molecule has 96 valence electrons. The molecule has 0 aliphatic rings. The third-order valence-corrected chi connectivity index (χ3v) is 4.15. The second kappa shape index (κ2) is 5.67. The van der Waals surface area contributed by atoms with Gasteiger partial charge in [0.05, 0.1) is 6.54 Å². The van der Waals surface area contributed by atoms with Crippen LogP contribution in [0.25, 0.3) is 0 Å². The summed E-state index contributed by atoms with van der Waals surface area (Å²) < 4.78 is 1.13. The number of halogens is 1. The second-order valence-corrected chi connectivity index (χ2v) is 5.94. The fraction of sp³-hybridized carbons (Fsp3) is 0.333. The van der Waals surface area contributed by atoms with Gasteiger partial charge in [-0.1, -0.05) is 0 Å². The number of hydrogen-bond acceptors (Lipinski definition) is 5. The molecule has 2 aromatic rings. The molecule has 0 aromatic carbocycles. The van der Waals surface area contributed by atoms with E-state index >= 15 is 0 Å². The molecule has 0 radical (unpaired) electrons. The van der Waals surface area contributed by atoms with Crippen LogP contribution in [0, 0.1) is 6.92 Å². The van der Waals surface area contributed by atoms with Crippen molar-refractivity contribution in [3.63, 3.8) is 0 Å². The molecule has 0 amide bonds. The first-order valence-electron chi connectivity index (χ1n) is 5.56. The average Bonchev–Trinajstić information content (AvgIpc) is 2.73. The summed E-state index contributed by atoms with van der Waals surface area (Å²) in [7, 11) is 3.86. The van der Waals surface area contributed by atoms with Crippen LogP contribution < -0.4 is 10.2 Å². The third-order valence-electron chi connectivity index (χ3n) is 2.47. The van der Waals surface area contributed by atoms with Crippen LogP contribution in [0.2, 0.25) is 0 Å². The molecule has 0 fully saturated rings. The summed E-state index contributed by atoms with van der Waals surface area (Å²) in [5.74, 6) is 1.58. The lowest BCUT2D eigenvalue weighted by Gasteiger charge is -2.18. The Morgan fingerprint density at radius 2 is 2.17 bits per heavy atom. The maximum Gasteiger partial charge on any atom is 0.224 e. The average molecular weight is 327 g/mol. The summed E-state index contributed by atoms with van der Waals surface area (Å²) in [5, 5.41) is 5.07. The minimum atomic E-state index is 0.657. The van der Waals surface area contributed by atoms with E-state index in [2.05, 4.69) is 47.6 Å². The van der Waals surface area contributed by atoms with E-state index in [9.17, 15) is 0 Å². The molecule has 18 heavy (non-hydrogen) atoms. The van der Waals surface area contributed by atoms with Gasteiger partial charge in [-0.3, -0.25) is 0 Å². The standard InChI is InChI=1S/C12H15BrN4S/c1-8-4-11(16-12(14-2)15-8)17(3)6-10-5-9(13)7-18-10/h4-5,7H,6H2,1-3H3,(H,14,15,16). The van der Waals surface area contributed by atoms with E-state index < -0.39 is 0 Å². The van der Waals surface area contributed by atoms with Crippen LogP contribution in [-0.4, -0.2) is 24.1 Å². The van der Waals surface area contributed by atoms with Crippen LogP contribution in [-0.2, 0) is 6.54 Å². The lowest BCUT2D eigenvalue weighted by molar-refractivity contribution is 0.900. The molecule has 1 N–H and O–H groups in total. The molecule has 0 aliphatic heterocycles. The Bertz CT molecular complexity index is 541. The predicted molar refractivity (Wildman–Crippen MR) is 80.4 cm³/mol. The van der Waals surface area contributed by atoms with Crippen molar-refractivity contribution in [2.75, 3.05) is 24.3 Å². The molecular weight excluding hydrogens is 312 g/mol. The Morgan fingerprint density at radius 3 is 2.78 bits per heavy atom. The molecule has 2 rings (SSSR count). The summed E-state index contributed by atoms with van der Waals surface area (Å²) in [6.07, 6.45) is 0. The number of thiophene rings is 1. The van der Waals surface area contributed by atoms with Crippen LogP contribution in [0.4, 0.5) is 11.8 Å². The Balaban J connectivity index is 2.17. The van der Waals surface area contributed by atoms with Crippen molar-refractivity contribution in [1.82, 2.24) is 9.97 Å². The molecule has 6 heteroatoms. The Hall–Kier alpha value is -1.14. The molecule has 0 aliphatic carbocycles. The quantitative estimate of drug-likeness (QED) is 0.936. The van der Waals surface area contributed by atoms with Crippen molar-refractivity contribution in [2.45, 2.75) is 13.5 Å². The summed E-state index contributed by atoms with van der Waals surface area (Å²) in [6.45, 7) is 2.82. The van der Waals surface area contributed by atoms with Gasteiger partial charge in [-0.25, -0.2) is 4.98 Å². The van der Waals surface area contributed by atoms with Gasteiger partial charge in [-0.15, -0.1) is 11.3 Å². The van der Waals surface area contributed by atoms with Crippen LogP contribution >= 0.6 is 27.3 Å². The van der Waals surface area contributed by atoms with Gasteiger partial charge < -0.3 is 10.2 Å². The first kappa shape index (κ1) is 13.3.